The lowest BCUT2D eigenvalue weighted by Gasteiger charge is -2.20. The van der Waals surface area contributed by atoms with Crippen LogP contribution in [-0.4, -0.2) is 39.0 Å². The molecule has 0 radical (unpaired) electrons. The molecule has 4 nitrogen and oxygen atoms in total. The Hall–Kier alpha value is -0.620. The molecule has 0 amide bonds. The first-order chi connectivity index (χ1) is 8.97. The van der Waals surface area contributed by atoms with E-state index >= 15 is 0 Å². The molecule has 0 N–H and O–H groups in total. The minimum atomic E-state index is -3.30. The molecule has 1 aliphatic heterocycles. The molecule has 1 aromatic carbocycles. The van der Waals surface area contributed by atoms with Gasteiger partial charge in [-0.15, -0.1) is 0 Å². The molecule has 106 valence electrons. The molecule has 0 aromatic heterocycles. The SMILES string of the molecule is CN(CC1CCCO1)S(=O)(=O)Cc1ccc(Cl)cc1. The van der Waals surface area contributed by atoms with Gasteiger partial charge >= 0.3 is 0 Å². The van der Waals surface area contributed by atoms with Crippen LogP contribution in [-0.2, 0) is 20.5 Å². The highest BCUT2D eigenvalue weighted by atomic mass is 35.5. The minimum Gasteiger partial charge on any atom is -0.377 e. The Bertz CT molecular complexity index is 509. The summed E-state index contributed by atoms with van der Waals surface area (Å²) in [5.41, 5.74) is 0.739. The van der Waals surface area contributed by atoms with Crippen molar-refractivity contribution in [1.82, 2.24) is 4.31 Å². The Morgan fingerprint density at radius 3 is 2.63 bits per heavy atom. The van der Waals surface area contributed by atoms with Crippen molar-refractivity contribution in [1.29, 1.82) is 0 Å². The monoisotopic (exact) mass is 303 g/mol. The molecular weight excluding hydrogens is 286 g/mol. The van der Waals surface area contributed by atoms with Gasteiger partial charge in [-0.3, -0.25) is 0 Å². The van der Waals surface area contributed by atoms with Gasteiger partial charge in [-0.25, -0.2) is 12.7 Å². The van der Waals surface area contributed by atoms with E-state index in [1.54, 1.807) is 31.3 Å². The third-order valence-corrected chi connectivity index (χ3v) is 5.27. The van der Waals surface area contributed by atoms with E-state index in [0.29, 0.717) is 11.6 Å². The molecule has 6 heteroatoms. The number of sulfonamides is 1. The third kappa shape index (κ3) is 4.18. The van der Waals surface area contributed by atoms with E-state index in [9.17, 15) is 8.42 Å². The van der Waals surface area contributed by atoms with E-state index in [4.69, 9.17) is 16.3 Å². The first kappa shape index (κ1) is 14.8. The number of hydrogen-bond acceptors (Lipinski definition) is 3. The Balaban J connectivity index is 1.98. The third-order valence-electron chi connectivity index (χ3n) is 3.22. The van der Waals surface area contributed by atoms with Gasteiger partial charge in [0.2, 0.25) is 10.0 Å². The normalized spacial score (nSPS) is 20.1. The summed E-state index contributed by atoms with van der Waals surface area (Å²) in [6.45, 7) is 1.16. The standard InChI is InChI=1S/C13H18ClNO3S/c1-15(9-13-3-2-8-18-13)19(16,17)10-11-4-6-12(14)7-5-11/h4-7,13H,2-3,8-10H2,1H3. The van der Waals surface area contributed by atoms with Gasteiger partial charge in [-0.05, 0) is 30.5 Å². The highest BCUT2D eigenvalue weighted by Gasteiger charge is 2.24. The summed E-state index contributed by atoms with van der Waals surface area (Å²) in [7, 11) is -1.70. The van der Waals surface area contributed by atoms with Crippen LogP contribution in [0.4, 0.5) is 0 Å². The van der Waals surface area contributed by atoms with Crippen molar-refractivity contribution < 1.29 is 13.2 Å². The Morgan fingerprint density at radius 2 is 2.05 bits per heavy atom. The van der Waals surface area contributed by atoms with E-state index in [1.807, 2.05) is 0 Å². The van der Waals surface area contributed by atoms with Crippen LogP contribution in [0, 0.1) is 0 Å². The fourth-order valence-corrected chi connectivity index (χ4v) is 3.44. The zero-order valence-corrected chi connectivity index (χ0v) is 12.5. The van der Waals surface area contributed by atoms with Crippen LogP contribution in [0.2, 0.25) is 5.02 Å². The average Bonchev–Trinajstić information content (AvgIpc) is 2.84. The van der Waals surface area contributed by atoms with Crippen LogP contribution in [0.3, 0.4) is 0 Å². The fourth-order valence-electron chi connectivity index (χ4n) is 2.09. The lowest BCUT2D eigenvalue weighted by atomic mass is 10.2. The molecule has 0 aliphatic carbocycles. The molecule has 2 rings (SSSR count). The maximum absolute atomic E-state index is 12.2. The van der Waals surface area contributed by atoms with Crippen LogP contribution < -0.4 is 0 Å². The summed E-state index contributed by atoms with van der Waals surface area (Å²) in [4.78, 5) is 0. The fraction of sp³-hybridized carbons (Fsp3) is 0.538. The average molecular weight is 304 g/mol. The molecule has 19 heavy (non-hydrogen) atoms. The highest BCUT2D eigenvalue weighted by molar-refractivity contribution is 7.88. The molecule has 0 spiro atoms. The van der Waals surface area contributed by atoms with Crippen LogP contribution in [0.15, 0.2) is 24.3 Å². The van der Waals surface area contributed by atoms with E-state index in [2.05, 4.69) is 0 Å². The van der Waals surface area contributed by atoms with Gasteiger partial charge in [0.25, 0.3) is 0 Å². The number of likely N-dealkylation sites (N-methyl/N-ethyl adjacent to an activating group) is 1. The van der Waals surface area contributed by atoms with Gasteiger partial charge in [0.15, 0.2) is 0 Å². The summed E-state index contributed by atoms with van der Waals surface area (Å²) in [6, 6.07) is 6.87. The van der Waals surface area contributed by atoms with Gasteiger partial charge in [-0.2, -0.15) is 0 Å². The molecule has 1 atom stereocenters. The van der Waals surface area contributed by atoms with Crippen LogP contribution in [0.1, 0.15) is 18.4 Å². The number of rotatable bonds is 5. The molecule has 1 heterocycles. The van der Waals surface area contributed by atoms with Crippen LogP contribution in [0.25, 0.3) is 0 Å². The van der Waals surface area contributed by atoms with E-state index in [-0.39, 0.29) is 11.9 Å². The van der Waals surface area contributed by atoms with Gasteiger partial charge in [0.05, 0.1) is 11.9 Å². The number of ether oxygens (including phenoxy) is 1. The molecule has 1 unspecified atom stereocenters. The van der Waals surface area contributed by atoms with Crippen molar-refractivity contribution in [3.8, 4) is 0 Å². The molecule has 1 fully saturated rings. The number of halogens is 1. The number of nitrogens with zero attached hydrogens (tertiary/aromatic N) is 1. The summed E-state index contributed by atoms with van der Waals surface area (Å²) in [5.74, 6) is -0.00656. The first-order valence-electron chi connectivity index (χ1n) is 6.27. The minimum absolute atomic E-state index is 0.00656. The Morgan fingerprint density at radius 1 is 1.37 bits per heavy atom. The van der Waals surface area contributed by atoms with E-state index in [0.717, 1.165) is 25.0 Å². The van der Waals surface area contributed by atoms with E-state index < -0.39 is 10.0 Å². The second-order valence-corrected chi connectivity index (χ2v) is 7.31. The number of benzene rings is 1. The van der Waals surface area contributed by atoms with Gasteiger partial charge in [0, 0.05) is 25.2 Å². The molecule has 1 saturated heterocycles. The van der Waals surface area contributed by atoms with Gasteiger partial charge < -0.3 is 4.74 Å². The van der Waals surface area contributed by atoms with Crippen molar-refractivity contribution in [3.05, 3.63) is 34.9 Å². The van der Waals surface area contributed by atoms with Gasteiger partial charge in [-0.1, -0.05) is 23.7 Å². The molecule has 0 bridgehead atoms. The predicted molar refractivity (Wildman–Crippen MR) is 75.7 cm³/mol. The van der Waals surface area contributed by atoms with Gasteiger partial charge in [0.1, 0.15) is 0 Å². The highest BCUT2D eigenvalue weighted by Crippen LogP contribution is 2.17. The second-order valence-electron chi connectivity index (χ2n) is 4.80. The Labute approximate surface area is 119 Å². The lowest BCUT2D eigenvalue weighted by molar-refractivity contribution is 0.0978. The zero-order valence-electron chi connectivity index (χ0n) is 10.9. The van der Waals surface area contributed by atoms with Crippen LogP contribution in [0.5, 0.6) is 0 Å². The zero-order chi connectivity index (χ0) is 13.9. The quantitative estimate of drug-likeness (QED) is 0.838. The summed E-state index contributed by atoms with van der Waals surface area (Å²) < 4.78 is 31.3. The summed E-state index contributed by atoms with van der Waals surface area (Å²) in [5, 5.41) is 0.605. The molecule has 1 aromatic rings. The largest absolute Gasteiger partial charge is 0.377 e. The van der Waals surface area contributed by atoms with Crippen molar-refractivity contribution in [2.75, 3.05) is 20.2 Å². The summed E-state index contributed by atoms with van der Waals surface area (Å²) >= 11 is 5.78. The van der Waals surface area contributed by atoms with Crippen molar-refractivity contribution in [3.63, 3.8) is 0 Å². The maximum Gasteiger partial charge on any atom is 0.218 e. The second kappa shape index (κ2) is 6.22. The van der Waals surface area contributed by atoms with E-state index in [1.165, 1.54) is 4.31 Å². The number of hydrogen-bond donors (Lipinski definition) is 0. The van der Waals surface area contributed by atoms with Crippen LogP contribution >= 0.6 is 11.6 Å². The molecule has 1 aliphatic rings. The molecular formula is C13H18ClNO3S. The topological polar surface area (TPSA) is 46.6 Å². The molecule has 0 saturated carbocycles. The smallest absolute Gasteiger partial charge is 0.218 e. The van der Waals surface area contributed by atoms with Crippen molar-refractivity contribution >= 4 is 21.6 Å². The Kier molecular flexibility index (Phi) is 4.84. The predicted octanol–water partition coefficient (Wildman–Crippen LogP) is 2.28. The summed E-state index contributed by atoms with van der Waals surface area (Å²) in [6.07, 6.45) is 1.97. The van der Waals surface area contributed by atoms with Crippen molar-refractivity contribution in [2.24, 2.45) is 0 Å². The maximum atomic E-state index is 12.2. The lowest BCUT2D eigenvalue weighted by Crippen LogP contribution is -2.34. The first-order valence-corrected chi connectivity index (χ1v) is 8.26. The van der Waals surface area contributed by atoms with Crippen molar-refractivity contribution in [2.45, 2.75) is 24.7 Å².